The number of rotatable bonds is 8. The second-order valence-electron chi connectivity index (χ2n) is 9.47. The van der Waals surface area contributed by atoms with Gasteiger partial charge in [-0.15, -0.1) is 0 Å². The van der Waals surface area contributed by atoms with E-state index in [1.165, 1.54) is 12.3 Å². The maximum Gasteiger partial charge on any atom is 0.335 e. The van der Waals surface area contributed by atoms with Crippen molar-refractivity contribution in [2.45, 2.75) is 50.2 Å². The van der Waals surface area contributed by atoms with Crippen LogP contribution in [-0.4, -0.2) is 97.9 Å². The summed E-state index contributed by atoms with van der Waals surface area (Å²) in [5.41, 5.74) is 4.52. The van der Waals surface area contributed by atoms with Crippen molar-refractivity contribution in [3.8, 4) is 0 Å². The van der Waals surface area contributed by atoms with E-state index in [-0.39, 0.29) is 17.1 Å². The molecular weight excluding hydrogens is 517 g/mol. The topological polar surface area (TPSA) is 207 Å². The first-order valence-corrected chi connectivity index (χ1v) is 11.6. The van der Waals surface area contributed by atoms with E-state index in [0.717, 1.165) is 0 Å². The van der Waals surface area contributed by atoms with Crippen LogP contribution in [0.4, 0.5) is 10.1 Å². The summed E-state index contributed by atoms with van der Waals surface area (Å²) in [4.78, 5) is 34.2. The van der Waals surface area contributed by atoms with Crippen molar-refractivity contribution in [1.82, 2.24) is 10.2 Å². The Bertz CT molecular complexity index is 1110. The van der Waals surface area contributed by atoms with Gasteiger partial charge in [-0.1, -0.05) is 11.6 Å². The molecule has 3 rings (SSSR count). The molecule has 0 saturated carbocycles. The van der Waals surface area contributed by atoms with E-state index in [0.29, 0.717) is 49.1 Å². The number of β-amino-alcohol motifs (C(OH)–C–C–N with tert-alkyl or cyclic N) is 1. The van der Waals surface area contributed by atoms with Gasteiger partial charge < -0.3 is 45.9 Å². The minimum absolute atomic E-state index is 0.0909. The molecule has 0 spiro atoms. The number of carbonyl (C=O) groups is 3. The number of hydrogen-bond acceptors (Lipinski definition) is 9. The number of nitrogens with one attached hydrogen (secondary N) is 1. The highest BCUT2D eigenvalue weighted by atomic mass is 35.5. The van der Waals surface area contributed by atoms with Gasteiger partial charge in [-0.05, 0) is 38.8 Å². The van der Waals surface area contributed by atoms with Gasteiger partial charge in [0, 0.05) is 25.0 Å². The number of aliphatic hydroxyl groups is 3. The number of carboxylic acids is 2. The predicted molar refractivity (Wildman–Crippen MR) is 131 cm³/mol. The zero-order chi connectivity index (χ0) is 28.1. The Hall–Kier alpha value is -2.97. The Kier molecular flexibility index (Phi) is 9.85. The average Bonchev–Trinajstić information content (AvgIpc) is 3.30. The first-order valence-electron chi connectivity index (χ1n) is 11.2. The lowest BCUT2D eigenvalue weighted by molar-refractivity contribution is -0.165. The maximum atomic E-state index is 15.1. The molecule has 206 valence electrons. The second-order valence-corrected chi connectivity index (χ2v) is 9.88. The summed E-state index contributed by atoms with van der Waals surface area (Å²) >= 11 is 6.09. The molecular formula is C23H31ClFN3O9. The number of furan rings is 1. The molecule has 0 bridgehead atoms. The van der Waals surface area contributed by atoms with Crippen LogP contribution < -0.4 is 11.1 Å². The summed E-state index contributed by atoms with van der Waals surface area (Å²) in [5, 5.41) is 45.9. The molecule has 1 aliphatic heterocycles. The number of amides is 1. The number of anilines is 1. The fourth-order valence-electron chi connectivity index (χ4n) is 3.74. The standard InChI is InChI=1S/C19H25ClFN3O3.C4H6O6/c1-18(2,26)11-24-6-4-19(21,5-7-24)10-23-17(25)13-9-14(20)15(22)12-3-8-27-16(12)13;5-1(3(7)8)2(6)4(9)10/h3,8-9,26H,4-7,10-11,22H2,1-2H3,(H,23,25);1-2,5-6H,(H,7,8)(H,9,10). The largest absolute Gasteiger partial charge is 0.479 e. The number of likely N-dealkylation sites (tertiary alicyclic amines) is 1. The summed E-state index contributed by atoms with van der Waals surface area (Å²) < 4.78 is 20.4. The summed E-state index contributed by atoms with van der Waals surface area (Å²) in [6.45, 7) is 4.94. The Morgan fingerprint density at radius 2 is 1.76 bits per heavy atom. The molecule has 2 atom stereocenters. The van der Waals surface area contributed by atoms with E-state index in [4.69, 9.17) is 42.2 Å². The number of piperidine rings is 1. The summed E-state index contributed by atoms with van der Waals surface area (Å²) in [7, 11) is 0. The number of hydrogen-bond donors (Lipinski definition) is 7. The van der Waals surface area contributed by atoms with Crippen molar-refractivity contribution in [2.75, 3.05) is 31.9 Å². The van der Waals surface area contributed by atoms with Crippen LogP contribution in [0.5, 0.6) is 0 Å². The number of carboxylic acid groups (broad SMARTS) is 2. The van der Waals surface area contributed by atoms with Crippen LogP contribution in [0.3, 0.4) is 0 Å². The van der Waals surface area contributed by atoms with Crippen LogP contribution >= 0.6 is 11.6 Å². The molecule has 1 aliphatic rings. The lowest BCUT2D eigenvalue weighted by Crippen LogP contribution is -2.50. The maximum absolute atomic E-state index is 15.1. The van der Waals surface area contributed by atoms with E-state index in [9.17, 15) is 19.5 Å². The van der Waals surface area contributed by atoms with Gasteiger partial charge in [0.1, 0.15) is 11.3 Å². The first kappa shape index (κ1) is 30.3. The van der Waals surface area contributed by atoms with Gasteiger partial charge in [0.25, 0.3) is 5.91 Å². The second kappa shape index (κ2) is 12.0. The average molecular weight is 548 g/mol. The highest BCUT2D eigenvalue weighted by Crippen LogP contribution is 2.33. The summed E-state index contributed by atoms with van der Waals surface area (Å²) in [5.74, 6) is -3.99. The van der Waals surface area contributed by atoms with Gasteiger partial charge in [0.05, 0.1) is 34.7 Å². The van der Waals surface area contributed by atoms with Crippen molar-refractivity contribution >= 4 is 46.1 Å². The number of carbonyl (C=O) groups excluding carboxylic acids is 1. The quantitative estimate of drug-likeness (QED) is 0.230. The molecule has 2 heterocycles. The van der Waals surface area contributed by atoms with Gasteiger partial charge in [-0.25, -0.2) is 14.0 Å². The van der Waals surface area contributed by atoms with Crippen LogP contribution in [0, 0.1) is 0 Å². The molecule has 2 unspecified atom stereocenters. The minimum atomic E-state index is -2.27. The van der Waals surface area contributed by atoms with Gasteiger partial charge in [-0.2, -0.15) is 0 Å². The fourth-order valence-corrected chi connectivity index (χ4v) is 3.95. The third-order valence-corrected chi connectivity index (χ3v) is 6.02. The van der Waals surface area contributed by atoms with Crippen LogP contribution in [0.2, 0.25) is 5.02 Å². The molecule has 1 amide bonds. The number of fused-ring (bicyclic) bond motifs is 1. The van der Waals surface area contributed by atoms with Crippen molar-refractivity contribution in [2.24, 2.45) is 0 Å². The van der Waals surface area contributed by atoms with Gasteiger partial charge in [0.2, 0.25) is 0 Å². The molecule has 1 aromatic carbocycles. The molecule has 14 heteroatoms. The van der Waals surface area contributed by atoms with Crippen LogP contribution in [0.1, 0.15) is 37.0 Å². The molecule has 1 aromatic heterocycles. The van der Waals surface area contributed by atoms with Crippen molar-refractivity contribution < 1.29 is 48.7 Å². The lowest BCUT2D eigenvalue weighted by atomic mass is 9.92. The Morgan fingerprint density at radius 1 is 1.22 bits per heavy atom. The van der Waals surface area contributed by atoms with Gasteiger partial charge in [-0.3, -0.25) is 4.79 Å². The monoisotopic (exact) mass is 547 g/mol. The van der Waals surface area contributed by atoms with E-state index in [2.05, 4.69) is 5.32 Å². The van der Waals surface area contributed by atoms with E-state index >= 15 is 4.39 Å². The third kappa shape index (κ3) is 8.27. The van der Waals surface area contributed by atoms with Crippen molar-refractivity contribution in [1.29, 1.82) is 0 Å². The number of nitrogen functional groups attached to an aromatic ring is 1. The van der Waals surface area contributed by atoms with Crippen LogP contribution in [0.25, 0.3) is 11.0 Å². The lowest BCUT2D eigenvalue weighted by Gasteiger charge is -2.38. The van der Waals surface area contributed by atoms with E-state index in [1.54, 1.807) is 19.9 Å². The third-order valence-electron chi connectivity index (χ3n) is 5.71. The van der Waals surface area contributed by atoms with Crippen molar-refractivity contribution in [3.05, 3.63) is 29.0 Å². The first-order chi connectivity index (χ1) is 17.0. The van der Waals surface area contributed by atoms with Crippen LogP contribution in [-0.2, 0) is 9.59 Å². The molecule has 37 heavy (non-hydrogen) atoms. The number of nitrogens with two attached hydrogens (primary N) is 1. The molecule has 1 saturated heterocycles. The highest BCUT2D eigenvalue weighted by molar-refractivity contribution is 6.35. The fraction of sp³-hybridized carbons (Fsp3) is 0.522. The number of nitrogens with zero attached hydrogens (tertiary/aromatic N) is 1. The number of aliphatic hydroxyl groups excluding tert-OH is 2. The molecule has 8 N–H and O–H groups in total. The number of alkyl halides is 1. The van der Waals surface area contributed by atoms with Gasteiger partial charge >= 0.3 is 11.9 Å². The molecule has 0 radical (unpaired) electrons. The number of aliphatic carboxylic acids is 2. The Morgan fingerprint density at radius 3 is 2.24 bits per heavy atom. The smallest absolute Gasteiger partial charge is 0.335 e. The minimum Gasteiger partial charge on any atom is -0.479 e. The molecule has 12 nitrogen and oxygen atoms in total. The zero-order valence-corrected chi connectivity index (χ0v) is 21.0. The predicted octanol–water partition coefficient (Wildman–Crippen LogP) is 0.851. The summed E-state index contributed by atoms with van der Waals surface area (Å²) in [6.07, 6.45) is -2.51. The molecule has 0 aliphatic carbocycles. The normalized spacial score (nSPS) is 17.4. The van der Waals surface area contributed by atoms with Crippen molar-refractivity contribution in [3.63, 3.8) is 0 Å². The summed E-state index contributed by atoms with van der Waals surface area (Å²) in [6, 6.07) is 3.08. The SMILES string of the molecule is CC(C)(O)CN1CCC(F)(CNC(=O)c2cc(Cl)c(N)c3ccoc23)CC1.O=C(O)C(O)C(O)C(=O)O. The zero-order valence-electron chi connectivity index (χ0n) is 20.3. The molecule has 1 fully saturated rings. The Labute approximate surface area is 216 Å². The van der Waals surface area contributed by atoms with Gasteiger partial charge in [0.15, 0.2) is 12.2 Å². The number of halogens is 2. The molecule has 2 aromatic rings. The highest BCUT2D eigenvalue weighted by Gasteiger charge is 2.36. The number of benzene rings is 1. The Balaban J connectivity index is 0.000000410. The van der Waals surface area contributed by atoms with Crippen LogP contribution in [0.15, 0.2) is 22.8 Å². The van der Waals surface area contributed by atoms with E-state index < -0.39 is 41.3 Å². The van der Waals surface area contributed by atoms with E-state index in [1.807, 2.05) is 4.90 Å².